The Morgan fingerprint density at radius 1 is 1.14 bits per heavy atom. The first-order valence-electron chi connectivity index (χ1n) is 6.69. The normalized spacial score (nSPS) is 15.3. The third-order valence-electron chi connectivity index (χ3n) is 3.70. The molecule has 108 valence electrons. The first-order chi connectivity index (χ1) is 9.97. The molecule has 2 amide bonds. The molecule has 1 unspecified atom stereocenters. The number of rotatable bonds is 3. The van der Waals surface area contributed by atoms with Gasteiger partial charge in [-0.1, -0.05) is 0 Å². The summed E-state index contributed by atoms with van der Waals surface area (Å²) < 4.78 is 1.74. The minimum Gasteiger partial charge on any atom is -0.378 e. The van der Waals surface area contributed by atoms with Gasteiger partial charge in [-0.15, -0.1) is 0 Å². The second-order valence-corrected chi connectivity index (χ2v) is 5.24. The van der Waals surface area contributed by atoms with Crippen LogP contribution in [0.4, 0.5) is 5.69 Å². The van der Waals surface area contributed by atoms with Gasteiger partial charge in [0.25, 0.3) is 11.8 Å². The smallest absolute Gasteiger partial charge is 0.261 e. The number of anilines is 1. The maximum absolute atomic E-state index is 12.0. The molecule has 1 atom stereocenters. The average molecular weight is 284 g/mol. The lowest BCUT2D eigenvalue weighted by molar-refractivity contribution is 0.0693. The van der Waals surface area contributed by atoms with E-state index in [4.69, 9.17) is 0 Å². The van der Waals surface area contributed by atoms with Crippen molar-refractivity contribution in [1.82, 2.24) is 14.7 Å². The Morgan fingerprint density at radius 2 is 1.86 bits per heavy atom. The van der Waals surface area contributed by atoms with E-state index in [9.17, 15) is 9.59 Å². The molecule has 2 aromatic rings. The molecule has 0 bridgehead atoms. The topological polar surface area (TPSA) is 67.2 Å². The Morgan fingerprint density at radius 3 is 2.52 bits per heavy atom. The summed E-state index contributed by atoms with van der Waals surface area (Å²) in [5.74, 6) is -0.505. The Labute approximate surface area is 122 Å². The van der Waals surface area contributed by atoms with Gasteiger partial charge >= 0.3 is 0 Å². The lowest BCUT2D eigenvalue weighted by atomic mass is 10.1. The number of fused-ring (bicyclic) bond motifs is 1. The zero-order valence-electron chi connectivity index (χ0n) is 12.1. The largest absolute Gasteiger partial charge is 0.378 e. The minimum absolute atomic E-state index is 0.0571. The van der Waals surface area contributed by atoms with Gasteiger partial charge in [0.15, 0.2) is 0 Å². The Hall–Kier alpha value is -2.63. The van der Waals surface area contributed by atoms with E-state index in [1.165, 1.54) is 7.05 Å². The zero-order valence-corrected chi connectivity index (χ0v) is 12.1. The fraction of sp³-hybridized carbons (Fsp3) is 0.267. The average Bonchev–Trinajstić information content (AvgIpc) is 2.98. The molecule has 3 rings (SSSR count). The second-order valence-electron chi connectivity index (χ2n) is 5.24. The van der Waals surface area contributed by atoms with Gasteiger partial charge in [-0.25, -0.2) is 0 Å². The third kappa shape index (κ3) is 2.18. The summed E-state index contributed by atoms with van der Waals surface area (Å²) in [7, 11) is 3.36. The fourth-order valence-electron chi connectivity index (χ4n) is 2.45. The highest BCUT2D eigenvalue weighted by atomic mass is 16.2. The lowest BCUT2D eigenvalue weighted by Gasteiger charge is -2.14. The van der Waals surface area contributed by atoms with Gasteiger partial charge < -0.3 is 5.32 Å². The Kier molecular flexibility index (Phi) is 3.01. The van der Waals surface area contributed by atoms with Crippen LogP contribution in [0.5, 0.6) is 0 Å². The summed E-state index contributed by atoms with van der Waals surface area (Å²) in [6, 6.07) is 5.29. The number of nitrogens with zero attached hydrogens (tertiary/aromatic N) is 3. The molecule has 1 N–H and O–H groups in total. The van der Waals surface area contributed by atoms with E-state index in [1.807, 2.05) is 26.2 Å². The van der Waals surface area contributed by atoms with Gasteiger partial charge in [-0.3, -0.25) is 19.2 Å². The molecule has 1 aliphatic rings. The summed E-state index contributed by atoms with van der Waals surface area (Å²) in [6.07, 6.45) is 3.74. The minimum atomic E-state index is -0.257. The Bertz CT molecular complexity index is 735. The number of nitrogens with one attached hydrogen (secondary N) is 1. The van der Waals surface area contributed by atoms with Crippen LogP contribution in [-0.4, -0.2) is 33.5 Å². The number of amides is 2. The molecule has 21 heavy (non-hydrogen) atoms. The van der Waals surface area contributed by atoms with E-state index >= 15 is 0 Å². The number of benzene rings is 1. The summed E-state index contributed by atoms with van der Waals surface area (Å²) >= 11 is 0. The first-order valence-corrected chi connectivity index (χ1v) is 6.69. The predicted octanol–water partition coefficient (Wildman–Crippen LogP) is 1.82. The van der Waals surface area contributed by atoms with Crippen molar-refractivity contribution in [3.8, 4) is 0 Å². The van der Waals surface area contributed by atoms with Crippen molar-refractivity contribution >= 4 is 17.5 Å². The van der Waals surface area contributed by atoms with E-state index in [0.717, 1.165) is 16.2 Å². The molecular formula is C15H16N4O2. The molecule has 1 aliphatic heterocycles. The molecule has 0 saturated heterocycles. The van der Waals surface area contributed by atoms with Crippen LogP contribution < -0.4 is 5.32 Å². The third-order valence-corrected chi connectivity index (χ3v) is 3.70. The van der Waals surface area contributed by atoms with Crippen molar-refractivity contribution in [2.75, 3.05) is 12.4 Å². The van der Waals surface area contributed by atoms with Crippen molar-refractivity contribution < 1.29 is 9.59 Å². The standard InChI is InChI=1S/C15H16N4O2/c1-9(10-7-16-18(2)8-10)17-11-4-5-12-13(6-11)15(21)19(3)14(12)20/h4-9,17H,1-3H3. The summed E-state index contributed by atoms with van der Waals surface area (Å²) in [4.78, 5) is 25.0. The summed E-state index contributed by atoms with van der Waals surface area (Å²) in [5.41, 5.74) is 2.77. The van der Waals surface area contributed by atoms with Gasteiger partial charge in [-0.05, 0) is 25.1 Å². The van der Waals surface area contributed by atoms with Gasteiger partial charge in [0.1, 0.15) is 0 Å². The molecule has 0 spiro atoms. The van der Waals surface area contributed by atoms with E-state index in [-0.39, 0.29) is 17.9 Å². The molecule has 0 saturated carbocycles. The molecule has 2 heterocycles. The van der Waals surface area contributed by atoms with Gasteiger partial charge in [0, 0.05) is 31.5 Å². The molecule has 1 aromatic carbocycles. The van der Waals surface area contributed by atoms with Crippen LogP contribution in [0.3, 0.4) is 0 Å². The van der Waals surface area contributed by atoms with Crippen LogP contribution >= 0.6 is 0 Å². The fourth-order valence-corrected chi connectivity index (χ4v) is 2.45. The summed E-state index contributed by atoms with van der Waals surface area (Å²) in [6.45, 7) is 2.02. The second kappa shape index (κ2) is 4.73. The van der Waals surface area contributed by atoms with Crippen LogP contribution in [0, 0.1) is 0 Å². The highest BCUT2D eigenvalue weighted by molar-refractivity contribution is 6.21. The monoisotopic (exact) mass is 284 g/mol. The quantitative estimate of drug-likeness (QED) is 0.873. The maximum atomic E-state index is 12.0. The number of carbonyl (C=O) groups is 2. The molecule has 0 radical (unpaired) electrons. The van der Waals surface area contributed by atoms with Gasteiger partial charge in [0.05, 0.1) is 23.4 Å². The van der Waals surface area contributed by atoms with Crippen LogP contribution in [0.1, 0.15) is 39.2 Å². The number of carbonyl (C=O) groups excluding carboxylic acids is 2. The van der Waals surface area contributed by atoms with Crippen LogP contribution in [0.15, 0.2) is 30.6 Å². The van der Waals surface area contributed by atoms with Crippen LogP contribution in [-0.2, 0) is 7.05 Å². The highest BCUT2D eigenvalue weighted by Gasteiger charge is 2.32. The van der Waals surface area contributed by atoms with Crippen molar-refractivity contribution in [2.24, 2.45) is 7.05 Å². The van der Waals surface area contributed by atoms with E-state index in [2.05, 4.69) is 10.4 Å². The molecule has 0 aliphatic carbocycles. The van der Waals surface area contributed by atoms with Crippen LogP contribution in [0.25, 0.3) is 0 Å². The molecule has 6 heteroatoms. The van der Waals surface area contributed by atoms with Gasteiger partial charge in [-0.2, -0.15) is 5.10 Å². The number of hydrogen-bond donors (Lipinski definition) is 1. The lowest BCUT2D eigenvalue weighted by Crippen LogP contribution is -2.24. The van der Waals surface area contributed by atoms with E-state index in [0.29, 0.717) is 11.1 Å². The molecule has 6 nitrogen and oxygen atoms in total. The highest BCUT2D eigenvalue weighted by Crippen LogP contribution is 2.26. The number of aryl methyl sites for hydroxylation is 1. The zero-order chi connectivity index (χ0) is 15.1. The number of aromatic nitrogens is 2. The van der Waals surface area contributed by atoms with Crippen molar-refractivity contribution in [2.45, 2.75) is 13.0 Å². The first kappa shape index (κ1) is 13.4. The summed E-state index contributed by atoms with van der Waals surface area (Å²) in [5, 5.41) is 7.46. The predicted molar refractivity (Wildman–Crippen MR) is 78.1 cm³/mol. The van der Waals surface area contributed by atoms with Gasteiger partial charge in [0.2, 0.25) is 0 Å². The van der Waals surface area contributed by atoms with Crippen molar-refractivity contribution in [3.05, 3.63) is 47.3 Å². The molecule has 1 aromatic heterocycles. The van der Waals surface area contributed by atoms with Crippen molar-refractivity contribution in [1.29, 1.82) is 0 Å². The number of hydrogen-bond acceptors (Lipinski definition) is 4. The van der Waals surface area contributed by atoms with Crippen LogP contribution in [0.2, 0.25) is 0 Å². The Balaban J connectivity index is 1.85. The maximum Gasteiger partial charge on any atom is 0.261 e. The van der Waals surface area contributed by atoms with E-state index < -0.39 is 0 Å². The number of imide groups is 1. The molecule has 0 fully saturated rings. The molecular weight excluding hydrogens is 268 g/mol. The SMILES string of the molecule is CC(Nc1ccc2c(c1)C(=O)N(C)C2=O)c1cnn(C)c1. The van der Waals surface area contributed by atoms with E-state index in [1.54, 1.807) is 23.0 Å². The van der Waals surface area contributed by atoms with Crippen molar-refractivity contribution in [3.63, 3.8) is 0 Å².